The number of pyridine rings is 1. The maximum Gasteiger partial charge on any atom is 0.417 e. The summed E-state index contributed by atoms with van der Waals surface area (Å²) in [5.41, 5.74) is 0.535. The zero-order valence-corrected chi connectivity index (χ0v) is 7.97. The molecule has 2 aromatic rings. The van der Waals surface area contributed by atoms with Crippen LogP contribution < -0.4 is 0 Å². The summed E-state index contributed by atoms with van der Waals surface area (Å²) >= 11 is 0. The van der Waals surface area contributed by atoms with E-state index in [9.17, 15) is 13.2 Å². The van der Waals surface area contributed by atoms with Crippen molar-refractivity contribution in [2.75, 3.05) is 0 Å². The highest BCUT2D eigenvalue weighted by Gasteiger charge is 2.32. The number of fused-ring (bicyclic) bond motifs is 1. The molecule has 0 aliphatic heterocycles. The van der Waals surface area contributed by atoms with Crippen molar-refractivity contribution in [1.82, 2.24) is 4.98 Å². The van der Waals surface area contributed by atoms with Crippen LogP contribution in [-0.4, -0.2) is 4.98 Å². The fourth-order valence-corrected chi connectivity index (χ4v) is 1.51. The van der Waals surface area contributed by atoms with E-state index in [2.05, 4.69) is 4.98 Å². The molecule has 0 aliphatic carbocycles. The molecule has 2 rings (SSSR count). The molecular weight excluding hydrogens is 203 g/mol. The maximum absolute atomic E-state index is 12.6. The van der Waals surface area contributed by atoms with Crippen molar-refractivity contribution in [3.63, 3.8) is 0 Å². The highest BCUT2D eigenvalue weighted by atomic mass is 19.4. The van der Waals surface area contributed by atoms with Gasteiger partial charge in [-0.05, 0) is 25.1 Å². The fraction of sp³-hybridized carbons (Fsp3) is 0.182. The first-order valence-corrected chi connectivity index (χ1v) is 4.41. The zero-order chi connectivity index (χ0) is 11.1. The zero-order valence-electron chi connectivity index (χ0n) is 7.97. The summed E-state index contributed by atoms with van der Waals surface area (Å²) in [7, 11) is 0. The van der Waals surface area contributed by atoms with E-state index in [1.807, 2.05) is 0 Å². The van der Waals surface area contributed by atoms with Crippen LogP contribution in [0, 0.1) is 6.92 Å². The minimum Gasteiger partial charge on any atom is -0.256 e. The summed E-state index contributed by atoms with van der Waals surface area (Å²) in [5.74, 6) is 0. The highest BCUT2D eigenvalue weighted by molar-refractivity contribution is 5.83. The molecule has 78 valence electrons. The third-order valence-corrected chi connectivity index (χ3v) is 2.20. The number of alkyl halides is 3. The van der Waals surface area contributed by atoms with Gasteiger partial charge in [0.15, 0.2) is 0 Å². The molecule has 1 aromatic carbocycles. The quantitative estimate of drug-likeness (QED) is 0.649. The molecule has 0 aliphatic rings. The number of halogens is 3. The molecule has 1 aromatic heterocycles. The van der Waals surface area contributed by atoms with E-state index in [-0.39, 0.29) is 5.39 Å². The maximum atomic E-state index is 12.6. The van der Waals surface area contributed by atoms with Crippen molar-refractivity contribution >= 4 is 10.9 Å². The molecular formula is C11H8F3N. The molecule has 15 heavy (non-hydrogen) atoms. The Morgan fingerprint density at radius 1 is 1.13 bits per heavy atom. The molecule has 0 unspecified atom stereocenters. The molecule has 0 atom stereocenters. The van der Waals surface area contributed by atoms with E-state index in [4.69, 9.17) is 0 Å². The van der Waals surface area contributed by atoms with Gasteiger partial charge in [-0.1, -0.05) is 11.6 Å². The summed E-state index contributed by atoms with van der Waals surface area (Å²) in [6.07, 6.45) is -3.14. The van der Waals surface area contributed by atoms with Crippen LogP contribution in [-0.2, 0) is 6.18 Å². The van der Waals surface area contributed by atoms with Crippen LogP contribution in [0.3, 0.4) is 0 Å². The summed E-state index contributed by atoms with van der Waals surface area (Å²) in [4.78, 5) is 3.90. The van der Waals surface area contributed by atoms with Crippen molar-refractivity contribution in [1.29, 1.82) is 0 Å². The lowest BCUT2D eigenvalue weighted by molar-refractivity contribution is -0.136. The third-order valence-electron chi connectivity index (χ3n) is 2.20. The van der Waals surface area contributed by atoms with Crippen LogP contribution >= 0.6 is 0 Å². The Bertz CT molecular complexity index is 503. The van der Waals surface area contributed by atoms with Crippen molar-refractivity contribution in [2.45, 2.75) is 13.1 Å². The molecule has 0 saturated heterocycles. The SMILES string of the molecule is Cc1ccc2nccc(C(F)(F)F)c2c1. The van der Waals surface area contributed by atoms with E-state index in [0.29, 0.717) is 5.52 Å². The Morgan fingerprint density at radius 3 is 2.53 bits per heavy atom. The van der Waals surface area contributed by atoms with Gasteiger partial charge in [0.25, 0.3) is 0 Å². The molecule has 0 saturated carbocycles. The van der Waals surface area contributed by atoms with Gasteiger partial charge in [-0.2, -0.15) is 13.2 Å². The highest BCUT2D eigenvalue weighted by Crippen LogP contribution is 2.34. The molecule has 0 spiro atoms. The first-order valence-electron chi connectivity index (χ1n) is 4.41. The number of aryl methyl sites for hydroxylation is 1. The average molecular weight is 211 g/mol. The second kappa shape index (κ2) is 3.22. The summed E-state index contributed by atoms with van der Waals surface area (Å²) in [6.45, 7) is 1.76. The Kier molecular flexibility index (Phi) is 2.14. The number of hydrogen-bond acceptors (Lipinski definition) is 1. The van der Waals surface area contributed by atoms with Gasteiger partial charge < -0.3 is 0 Å². The number of rotatable bonds is 0. The Balaban J connectivity index is 2.80. The van der Waals surface area contributed by atoms with Crippen molar-refractivity contribution in [3.05, 3.63) is 41.6 Å². The van der Waals surface area contributed by atoms with Crippen LogP contribution in [0.15, 0.2) is 30.5 Å². The molecule has 4 heteroatoms. The van der Waals surface area contributed by atoms with E-state index in [1.54, 1.807) is 19.1 Å². The predicted molar refractivity (Wildman–Crippen MR) is 51.5 cm³/mol. The van der Waals surface area contributed by atoms with Gasteiger partial charge in [0.05, 0.1) is 11.1 Å². The molecule has 1 nitrogen and oxygen atoms in total. The minimum absolute atomic E-state index is 0.157. The van der Waals surface area contributed by atoms with Gasteiger partial charge in [-0.15, -0.1) is 0 Å². The standard InChI is InChI=1S/C11H8F3N/c1-7-2-3-10-8(6-7)9(4-5-15-10)11(12,13)14/h2-6H,1H3. The second-order valence-electron chi connectivity index (χ2n) is 3.38. The van der Waals surface area contributed by atoms with Gasteiger partial charge in [-0.3, -0.25) is 4.98 Å². The summed E-state index contributed by atoms with van der Waals surface area (Å²) in [5, 5.41) is 0.157. The lowest BCUT2D eigenvalue weighted by Crippen LogP contribution is -2.06. The number of aromatic nitrogens is 1. The number of hydrogen-bond donors (Lipinski definition) is 0. The monoisotopic (exact) mass is 211 g/mol. The molecule has 0 radical (unpaired) electrons. The molecule has 1 heterocycles. The van der Waals surface area contributed by atoms with Crippen molar-refractivity contribution in [2.24, 2.45) is 0 Å². The minimum atomic E-state index is -4.32. The van der Waals surface area contributed by atoms with Crippen LogP contribution in [0.1, 0.15) is 11.1 Å². The summed E-state index contributed by atoms with van der Waals surface area (Å²) in [6, 6.07) is 5.85. The smallest absolute Gasteiger partial charge is 0.256 e. The van der Waals surface area contributed by atoms with E-state index >= 15 is 0 Å². The fourth-order valence-electron chi connectivity index (χ4n) is 1.51. The Labute approximate surface area is 84.6 Å². The largest absolute Gasteiger partial charge is 0.417 e. The number of benzene rings is 1. The van der Waals surface area contributed by atoms with Gasteiger partial charge >= 0.3 is 6.18 Å². The average Bonchev–Trinajstić information content (AvgIpc) is 2.15. The normalized spacial score (nSPS) is 12.0. The van der Waals surface area contributed by atoms with Gasteiger partial charge in [0.2, 0.25) is 0 Å². The van der Waals surface area contributed by atoms with Crippen LogP contribution in [0.5, 0.6) is 0 Å². The van der Waals surface area contributed by atoms with Crippen LogP contribution in [0.4, 0.5) is 13.2 Å². The molecule has 0 fully saturated rings. The second-order valence-corrected chi connectivity index (χ2v) is 3.38. The van der Waals surface area contributed by atoms with E-state index in [0.717, 1.165) is 11.6 Å². The number of nitrogens with zero attached hydrogens (tertiary/aromatic N) is 1. The molecule has 0 bridgehead atoms. The van der Waals surface area contributed by atoms with Gasteiger partial charge in [0, 0.05) is 11.6 Å². The molecule has 0 amide bonds. The van der Waals surface area contributed by atoms with Crippen molar-refractivity contribution < 1.29 is 13.2 Å². The first kappa shape index (κ1) is 9.96. The Morgan fingerprint density at radius 2 is 1.87 bits per heavy atom. The lowest BCUT2D eigenvalue weighted by atomic mass is 10.1. The predicted octanol–water partition coefficient (Wildman–Crippen LogP) is 3.56. The van der Waals surface area contributed by atoms with Gasteiger partial charge in [0.1, 0.15) is 0 Å². The van der Waals surface area contributed by atoms with E-state index in [1.165, 1.54) is 12.3 Å². The molecule has 0 N–H and O–H groups in total. The van der Waals surface area contributed by atoms with E-state index < -0.39 is 11.7 Å². The lowest BCUT2D eigenvalue weighted by Gasteiger charge is -2.09. The summed E-state index contributed by atoms with van der Waals surface area (Å²) < 4.78 is 37.9. The Hall–Kier alpha value is -1.58. The topological polar surface area (TPSA) is 12.9 Å². The van der Waals surface area contributed by atoms with Gasteiger partial charge in [-0.25, -0.2) is 0 Å². The third kappa shape index (κ3) is 1.79. The first-order chi connectivity index (χ1) is 6.98. The van der Waals surface area contributed by atoms with Crippen LogP contribution in [0.25, 0.3) is 10.9 Å². The van der Waals surface area contributed by atoms with Crippen LogP contribution in [0.2, 0.25) is 0 Å². The van der Waals surface area contributed by atoms with Crippen molar-refractivity contribution in [3.8, 4) is 0 Å².